The number of rotatable bonds is 5. The van der Waals surface area contributed by atoms with Gasteiger partial charge < -0.3 is 5.32 Å². The molecule has 0 atom stereocenters. The number of nitro benzene ring substituents is 1. The van der Waals surface area contributed by atoms with Gasteiger partial charge in [0.15, 0.2) is 0 Å². The van der Waals surface area contributed by atoms with E-state index in [-0.39, 0.29) is 16.9 Å². The predicted octanol–water partition coefficient (Wildman–Crippen LogP) is 2.84. The first-order valence-corrected chi connectivity index (χ1v) is 7.94. The number of amides is 1. The number of hydrogen-bond acceptors (Lipinski definition) is 5. The largest absolute Gasteiger partial charge is 0.341 e. The zero-order valence-corrected chi connectivity index (χ0v) is 12.7. The number of anilines is 1. The van der Waals surface area contributed by atoms with Crippen LogP contribution >= 0.6 is 0 Å². The topological polar surface area (TPSA) is 106 Å². The Kier molecular flexibility index (Phi) is 4.88. The molecule has 0 saturated carbocycles. The maximum absolute atomic E-state index is 12.4. The fraction of sp³-hybridized carbons (Fsp3) is 0.0714. The van der Waals surface area contributed by atoms with E-state index in [0.717, 1.165) is 30.3 Å². The van der Waals surface area contributed by atoms with E-state index in [9.17, 15) is 32.1 Å². The summed E-state index contributed by atoms with van der Waals surface area (Å²) in [4.78, 5) is 21.4. The van der Waals surface area contributed by atoms with Gasteiger partial charge in [-0.15, -0.1) is 0 Å². The number of nitrogens with zero attached hydrogens (tertiary/aromatic N) is 1. The summed E-state index contributed by atoms with van der Waals surface area (Å²) in [6, 6.07) is 9.14. The van der Waals surface area contributed by atoms with Crippen molar-refractivity contribution in [2.75, 3.05) is 5.32 Å². The van der Waals surface area contributed by atoms with Crippen molar-refractivity contribution in [1.29, 1.82) is 0 Å². The predicted molar refractivity (Wildman–Crippen MR) is 80.7 cm³/mol. The van der Waals surface area contributed by atoms with Gasteiger partial charge in [0.1, 0.15) is 0 Å². The Labute approximate surface area is 135 Å². The molecule has 0 heterocycles. The summed E-state index contributed by atoms with van der Waals surface area (Å²) in [5.41, 5.74) is -0.0422. The highest BCUT2D eigenvalue weighted by Crippen LogP contribution is 2.20. The number of non-ortho nitro benzene ring substituents is 1. The number of alkyl halides is 2. The standard InChI is InChI=1S/C14H10F2N2O5S/c15-14(16)24(22,23)12-6-4-9(5-7-12)13(19)17-10-2-1-3-11(8-10)18(20)21/h1-8,14H,(H,17,19). The van der Waals surface area contributed by atoms with Gasteiger partial charge in [-0.25, -0.2) is 8.42 Å². The van der Waals surface area contributed by atoms with Crippen molar-refractivity contribution < 1.29 is 26.9 Å². The van der Waals surface area contributed by atoms with Gasteiger partial charge in [0, 0.05) is 23.4 Å². The van der Waals surface area contributed by atoms with E-state index in [4.69, 9.17) is 0 Å². The van der Waals surface area contributed by atoms with Crippen LogP contribution in [-0.4, -0.2) is 25.0 Å². The van der Waals surface area contributed by atoms with E-state index in [0.29, 0.717) is 0 Å². The first-order valence-electron chi connectivity index (χ1n) is 6.40. The number of benzene rings is 2. The number of nitro groups is 1. The van der Waals surface area contributed by atoms with Crippen LogP contribution in [0, 0.1) is 10.1 Å². The highest BCUT2D eigenvalue weighted by atomic mass is 32.2. The molecule has 0 aliphatic carbocycles. The van der Waals surface area contributed by atoms with Gasteiger partial charge in [0.2, 0.25) is 9.84 Å². The van der Waals surface area contributed by atoms with Crippen molar-refractivity contribution in [2.45, 2.75) is 10.7 Å². The highest BCUT2D eigenvalue weighted by Gasteiger charge is 2.26. The van der Waals surface area contributed by atoms with Crippen LogP contribution in [0.25, 0.3) is 0 Å². The zero-order valence-electron chi connectivity index (χ0n) is 11.8. The molecule has 2 aromatic carbocycles. The lowest BCUT2D eigenvalue weighted by Gasteiger charge is -2.07. The molecule has 2 rings (SSSR count). The molecule has 0 spiro atoms. The second-order valence-corrected chi connectivity index (χ2v) is 6.51. The van der Waals surface area contributed by atoms with Gasteiger partial charge >= 0.3 is 5.76 Å². The van der Waals surface area contributed by atoms with Crippen LogP contribution in [0.1, 0.15) is 10.4 Å². The van der Waals surface area contributed by atoms with Crippen LogP contribution in [0.4, 0.5) is 20.2 Å². The number of carbonyl (C=O) groups is 1. The number of halogens is 2. The molecule has 2 aromatic rings. The molecule has 24 heavy (non-hydrogen) atoms. The Morgan fingerprint density at radius 2 is 1.75 bits per heavy atom. The minimum atomic E-state index is -4.73. The average molecular weight is 356 g/mol. The number of carbonyl (C=O) groups excluding carboxylic acids is 1. The van der Waals surface area contributed by atoms with Crippen LogP contribution in [-0.2, 0) is 9.84 Å². The fourth-order valence-corrected chi connectivity index (χ4v) is 2.52. The zero-order chi connectivity index (χ0) is 17.9. The summed E-state index contributed by atoms with van der Waals surface area (Å²) < 4.78 is 47.4. The molecule has 0 aliphatic heterocycles. The first-order chi connectivity index (χ1) is 11.2. The maximum atomic E-state index is 12.4. The molecule has 1 N–H and O–H groups in total. The SMILES string of the molecule is O=C(Nc1cccc([N+](=O)[O-])c1)c1ccc(S(=O)(=O)C(F)F)cc1. The maximum Gasteiger partial charge on any atom is 0.341 e. The average Bonchev–Trinajstić information content (AvgIpc) is 2.55. The third-order valence-corrected chi connectivity index (χ3v) is 4.39. The smallest absolute Gasteiger partial charge is 0.322 e. The van der Waals surface area contributed by atoms with Crippen molar-refractivity contribution in [3.63, 3.8) is 0 Å². The van der Waals surface area contributed by atoms with Crippen LogP contribution < -0.4 is 5.32 Å². The normalized spacial score (nSPS) is 11.3. The molecular weight excluding hydrogens is 346 g/mol. The number of nitrogens with one attached hydrogen (secondary N) is 1. The van der Waals surface area contributed by atoms with Gasteiger partial charge in [0.25, 0.3) is 11.6 Å². The molecule has 10 heteroatoms. The van der Waals surface area contributed by atoms with E-state index in [1.807, 2.05) is 0 Å². The quantitative estimate of drug-likeness (QED) is 0.655. The molecule has 1 amide bonds. The van der Waals surface area contributed by atoms with Gasteiger partial charge in [-0.1, -0.05) is 6.07 Å². The van der Waals surface area contributed by atoms with Crippen LogP contribution in [0.2, 0.25) is 0 Å². The number of sulfone groups is 1. The van der Waals surface area contributed by atoms with Crippen molar-refractivity contribution in [2.24, 2.45) is 0 Å². The molecule has 0 aliphatic rings. The Bertz CT molecular complexity index is 882. The summed E-state index contributed by atoms with van der Waals surface area (Å²) in [7, 11) is -4.73. The Balaban J connectivity index is 2.19. The molecule has 126 valence electrons. The summed E-state index contributed by atoms with van der Waals surface area (Å²) in [6.07, 6.45) is 0. The molecule has 0 radical (unpaired) electrons. The Morgan fingerprint density at radius 1 is 1.12 bits per heavy atom. The van der Waals surface area contributed by atoms with Crippen molar-refractivity contribution in [3.05, 3.63) is 64.2 Å². The summed E-state index contributed by atoms with van der Waals surface area (Å²) in [5, 5.41) is 13.1. The van der Waals surface area contributed by atoms with E-state index in [1.165, 1.54) is 18.2 Å². The third kappa shape index (κ3) is 3.71. The lowest BCUT2D eigenvalue weighted by Crippen LogP contribution is -2.14. The summed E-state index contributed by atoms with van der Waals surface area (Å²) in [5.74, 6) is -4.22. The molecule has 0 bridgehead atoms. The summed E-state index contributed by atoms with van der Waals surface area (Å²) >= 11 is 0. The third-order valence-electron chi connectivity index (χ3n) is 2.99. The monoisotopic (exact) mass is 356 g/mol. The van der Waals surface area contributed by atoms with Crippen molar-refractivity contribution in [3.8, 4) is 0 Å². The molecule has 0 unspecified atom stereocenters. The van der Waals surface area contributed by atoms with Crippen LogP contribution in [0.3, 0.4) is 0 Å². The van der Waals surface area contributed by atoms with Gasteiger partial charge in [0.05, 0.1) is 9.82 Å². The van der Waals surface area contributed by atoms with E-state index in [2.05, 4.69) is 5.32 Å². The van der Waals surface area contributed by atoms with Crippen LogP contribution in [0.5, 0.6) is 0 Å². The summed E-state index contributed by atoms with van der Waals surface area (Å²) in [6.45, 7) is 0. The Hall–Kier alpha value is -2.88. The lowest BCUT2D eigenvalue weighted by atomic mass is 10.2. The minimum Gasteiger partial charge on any atom is -0.322 e. The molecule has 7 nitrogen and oxygen atoms in total. The van der Waals surface area contributed by atoms with Crippen molar-refractivity contribution in [1.82, 2.24) is 0 Å². The van der Waals surface area contributed by atoms with Gasteiger partial charge in [-0.05, 0) is 30.3 Å². The van der Waals surface area contributed by atoms with Gasteiger partial charge in [-0.3, -0.25) is 14.9 Å². The second-order valence-electron chi connectivity index (χ2n) is 4.59. The van der Waals surface area contributed by atoms with Crippen molar-refractivity contribution >= 4 is 27.1 Å². The second kappa shape index (κ2) is 6.71. The van der Waals surface area contributed by atoms with E-state index >= 15 is 0 Å². The highest BCUT2D eigenvalue weighted by molar-refractivity contribution is 7.91. The van der Waals surface area contributed by atoms with E-state index in [1.54, 1.807) is 0 Å². The van der Waals surface area contributed by atoms with Gasteiger partial charge in [-0.2, -0.15) is 8.78 Å². The number of hydrogen-bond donors (Lipinski definition) is 1. The van der Waals surface area contributed by atoms with Crippen LogP contribution in [0.15, 0.2) is 53.4 Å². The fourth-order valence-electron chi connectivity index (χ4n) is 1.80. The molecular formula is C14H10F2N2O5S. The first kappa shape index (κ1) is 17.5. The molecule has 0 aromatic heterocycles. The lowest BCUT2D eigenvalue weighted by molar-refractivity contribution is -0.384. The van der Waals surface area contributed by atoms with E-state index < -0.39 is 31.3 Å². The molecule has 0 fully saturated rings. The molecule has 0 saturated heterocycles. The Morgan fingerprint density at radius 3 is 2.29 bits per heavy atom. The minimum absolute atomic E-state index is 0.00900.